The van der Waals surface area contributed by atoms with Gasteiger partial charge in [0.05, 0.1) is 12.1 Å². The summed E-state index contributed by atoms with van der Waals surface area (Å²) in [5.41, 5.74) is 3.60. The van der Waals surface area contributed by atoms with Crippen LogP contribution in [-0.2, 0) is 12.8 Å². The third-order valence-electron chi connectivity index (χ3n) is 6.52. The number of thiophene rings is 1. The molecular formula is C29H24N2O2S. The number of aryl methyl sites for hydroxylation is 2. The minimum atomic E-state index is -0.256. The van der Waals surface area contributed by atoms with Gasteiger partial charge in [-0.1, -0.05) is 60.7 Å². The lowest BCUT2D eigenvalue weighted by molar-refractivity contribution is 0.0938. The van der Waals surface area contributed by atoms with Crippen molar-refractivity contribution in [2.24, 2.45) is 0 Å². The van der Waals surface area contributed by atoms with Gasteiger partial charge in [-0.25, -0.2) is 0 Å². The Labute approximate surface area is 203 Å². The van der Waals surface area contributed by atoms with Crippen molar-refractivity contribution >= 4 is 38.8 Å². The molecule has 1 amide bonds. The van der Waals surface area contributed by atoms with Gasteiger partial charge in [-0.3, -0.25) is 14.5 Å². The molecule has 4 aromatic rings. The van der Waals surface area contributed by atoms with E-state index in [0.29, 0.717) is 21.7 Å². The Hall–Kier alpha value is -3.75. The first kappa shape index (κ1) is 22.1. The van der Waals surface area contributed by atoms with Gasteiger partial charge in [-0.2, -0.15) is 5.26 Å². The van der Waals surface area contributed by atoms with E-state index in [1.807, 2.05) is 61.5 Å². The van der Waals surface area contributed by atoms with Crippen molar-refractivity contribution in [3.63, 3.8) is 0 Å². The molecule has 1 aromatic heterocycles. The van der Waals surface area contributed by atoms with Gasteiger partial charge in [0.1, 0.15) is 11.1 Å². The second kappa shape index (κ2) is 9.24. The Morgan fingerprint density at radius 2 is 1.65 bits per heavy atom. The molecule has 0 spiro atoms. The first-order valence-electron chi connectivity index (χ1n) is 11.5. The average molecular weight is 465 g/mol. The van der Waals surface area contributed by atoms with Crippen molar-refractivity contribution in [3.8, 4) is 6.07 Å². The van der Waals surface area contributed by atoms with Gasteiger partial charge in [-0.15, -0.1) is 11.3 Å². The topological polar surface area (TPSA) is 61.2 Å². The first-order chi connectivity index (χ1) is 16.6. The summed E-state index contributed by atoms with van der Waals surface area (Å²) < 4.78 is 0. The Bertz CT molecular complexity index is 1460. The maximum Gasteiger partial charge on any atom is 0.259 e. The molecule has 1 heterocycles. The van der Waals surface area contributed by atoms with Crippen LogP contribution in [0, 0.1) is 18.3 Å². The molecule has 1 aliphatic rings. The number of Topliss-reactive ketones (excluding diaryl/α,β-unsaturated/α-hetero) is 1. The Kier molecular flexibility index (Phi) is 6.00. The molecule has 0 radical (unpaired) electrons. The van der Waals surface area contributed by atoms with E-state index in [-0.39, 0.29) is 18.2 Å². The predicted molar refractivity (Wildman–Crippen MR) is 137 cm³/mol. The molecule has 34 heavy (non-hydrogen) atoms. The zero-order valence-corrected chi connectivity index (χ0v) is 19.8. The molecule has 0 saturated heterocycles. The summed E-state index contributed by atoms with van der Waals surface area (Å²) in [7, 11) is 0. The maximum absolute atomic E-state index is 14.1. The van der Waals surface area contributed by atoms with Crippen molar-refractivity contribution in [1.29, 1.82) is 5.26 Å². The number of hydrogen-bond donors (Lipinski definition) is 0. The summed E-state index contributed by atoms with van der Waals surface area (Å²) in [6, 6.07) is 23.2. The monoisotopic (exact) mass is 464 g/mol. The zero-order valence-electron chi connectivity index (χ0n) is 19.0. The van der Waals surface area contributed by atoms with Crippen LogP contribution in [-0.4, -0.2) is 18.2 Å². The molecule has 5 rings (SSSR count). The van der Waals surface area contributed by atoms with Gasteiger partial charge < -0.3 is 0 Å². The average Bonchev–Trinajstić information content (AvgIpc) is 3.25. The lowest BCUT2D eigenvalue weighted by Crippen LogP contribution is -2.36. The van der Waals surface area contributed by atoms with Crippen molar-refractivity contribution in [2.45, 2.75) is 32.6 Å². The van der Waals surface area contributed by atoms with E-state index in [9.17, 15) is 14.9 Å². The lowest BCUT2D eigenvalue weighted by atomic mass is 9.95. The standard InChI is InChI=1S/C29H24N2O2S/c1-19-9-2-4-12-21(19)26(32)18-31(29-25(17-30)23-14-6-7-16-27(23)34-29)28(33)24-15-8-11-20-10-3-5-13-22(20)24/h2-5,8-13,15H,6-7,14,16,18H2,1H3. The molecule has 5 heteroatoms. The molecule has 0 saturated carbocycles. The van der Waals surface area contributed by atoms with Crippen molar-refractivity contribution in [3.05, 3.63) is 99.4 Å². The highest BCUT2D eigenvalue weighted by Gasteiger charge is 2.30. The number of benzene rings is 3. The third-order valence-corrected chi connectivity index (χ3v) is 7.84. The van der Waals surface area contributed by atoms with Crippen LogP contribution in [0.1, 0.15) is 55.1 Å². The number of nitrogens with zero attached hydrogens (tertiary/aromatic N) is 2. The van der Waals surface area contributed by atoms with Gasteiger partial charge >= 0.3 is 0 Å². The highest BCUT2D eigenvalue weighted by Crippen LogP contribution is 2.40. The number of carbonyl (C=O) groups is 2. The van der Waals surface area contributed by atoms with E-state index in [2.05, 4.69) is 6.07 Å². The largest absolute Gasteiger partial charge is 0.292 e. The molecule has 0 fully saturated rings. The van der Waals surface area contributed by atoms with Crippen LogP contribution in [0.25, 0.3) is 10.8 Å². The van der Waals surface area contributed by atoms with Crippen LogP contribution < -0.4 is 4.90 Å². The van der Waals surface area contributed by atoms with Crippen LogP contribution in [0.15, 0.2) is 66.7 Å². The second-order valence-corrected chi connectivity index (χ2v) is 9.74. The van der Waals surface area contributed by atoms with Gasteiger partial charge in [0, 0.05) is 16.0 Å². The normalized spacial score (nSPS) is 12.7. The van der Waals surface area contributed by atoms with Crippen LogP contribution in [0.5, 0.6) is 0 Å². The fourth-order valence-corrected chi connectivity index (χ4v) is 6.10. The predicted octanol–water partition coefficient (Wildman–Crippen LogP) is 6.49. The number of ketones is 1. The van der Waals surface area contributed by atoms with E-state index in [1.165, 1.54) is 16.2 Å². The smallest absolute Gasteiger partial charge is 0.259 e. The fraction of sp³-hybridized carbons (Fsp3) is 0.207. The Morgan fingerprint density at radius 3 is 2.47 bits per heavy atom. The third kappa shape index (κ3) is 3.91. The quantitative estimate of drug-likeness (QED) is 0.317. The minimum absolute atomic E-state index is 0.110. The summed E-state index contributed by atoms with van der Waals surface area (Å²) in [5, 5.41) is 12.5. The minimum Gasteiger partial charge on any atom is -0.292 e. The SMILES string of the molecule is Cc1ccccc1C(=O)CN(C(=O)c1cccc2ccccc12)c1sc2c(c1C#N)CCCC2. The molecule has 0 unspecified atom stereocenters. The number of hydrogen-bond acceptors (Lipinski definition) is 4. The van der Waals surface area contributed by atoms with Crippen molar-refractivity contribution < 1.29 is 9.59 Å². The summed E-state index contributed by atoms with van der Waals surface area (Å²) in [6.07, 6.45) is 3.88. The molecule has 3 aromatic carbocycles. The number of rotatable bonds is 5. The van der Waals surface area contributed by atoms with Crippen LogP contribution in [0.2, 0.25) is 0 Å². The Balaban J connectivity index is 1.64. The second-order valence-electron chi connectivity index (χ2n) is 8.66. The summed E-state index contributed by atoms with van der Waals surface area (Å²) in [5.74, 6) is -0.393. The van der Waals surface area contributed by atoms with Gasteiger partial charge in [0.15, 0.2) is 5.78 Å². The van der Waals surface area contributed by atoms with Gasteiger partial charge in [0.25, 0.3) is 5.91 Å². The Morgan fingerprint density at radius 1 is 0.941 bits per heavy atom. The maximum atomic E-state index is 14.1. The molecule has 4 nitrogen and oxygen atoms in total. The number of nitriles is 1. The molecule has 0 bridgehead atoms. The van der Waals surface area contributed by atoms with E-state index in [0.717, 1.165) is 52.5 Å². The number of carbonyl (C=O) groups excluding carboxylic acids is 2. The van der Waals surface area contributed by atoms with E-state index in [1.54, 1.807) is 12.1 Å². The number of anilines is 1. The zero-order chi connectivity index (χ0) is 23.7. The molecule has 0 N–H and O–H groups in total. The number of fused-ring (bicyclic) bond motifs is 2. The highest BCUT2D eigenvalue weighted by molar-refractivity contribution is 7.16. The lowest BCUT2D eigenvalue weighted by Gasteiger charge is -2.22. The van der Waals surface area contributed by atoms with Crippen molar-refractivity contribution in [2.75, 3.05) is 11.4 Å². The molecule has 0 aliphatic heterocycles. The van der Waals surface area contributed by atoms with E-state index >= 15 is 0 Å². The van der Waals surface area contributed by atoms with Gasteiger partial charge in [0.2, 0.25) is 0 Å². The fourth-order valence-electron chi connectivity index (χ4n) is 4.76. The summed E-state index contributed by atoms with van der Waals surface area (Å²) in [4.78, 5) is 30.2. The van der Waals surface area contributed by atoms with E-state index in [4.69, 9.17) is 0 Å². The summed E-state index contributed by atoms with van der Waals surface area (Å²) >= 11 is 1.49. The number of amides is 1. The highest BCUT2D eigenvalue weighted by atomic mass is 32.1. The molecule has 1 aliphatic carbocycles. The molecule has 168 valence electrons. The summed E-state index contributed by atoms with van der Waals surface area (Å²) in [6.45, 7) is 1.79. The van der Waals surface area contributed by atoms with Crippen LogP contribution in [0.3, 0.4) is 0 Å². The van der Waals surface area contributed by atoms with E-state index < -0.39 is 0 Å². The molecular weight excluding hydrogens is 440 g/mol. The van der Waals surface area contributed by atoms with Crippen LogP contribution in [0.4, 0.5) is 5.00 Å². The molecule has 0 atom stereocenters. The van der Waals surface area contributed by atoms with Gasteiger partial charge in [-0.05, 0) is 60.6 Å². The first-order valence-corrected chi connectivity index (χ1v) is 12.3. The van der Waals surface area contributed by atoms with Crippen molar-refractivity contribution in [1.82, 2.24) is 0 Å². The van der Waals surface area contributed by atoms with Crippen LogP contribution >= 0.6 is 11.3 Å².